The standard InChI is InChI=1S/C14H17BrF6N2O3S/c1-10(2,3)27(26)23-11(4,9-7(16)5-6-8(15)22-9)12(17,18)13(24,25)14(19,20)21/h5-6,23-25H,1-4H3. The van der Waals surface area contributed by atoms with Gasteiger partial charge in [-0.2, -0.15) is 22.0 Å². The molecular formula is C14H17BrF6N2O3S. The Bertz CT molecular complexity index is 739. The predicted molar refractivity (Wildman–Crippen MR) is 88.4 cm³/mol. The van der Waals surface area contributed by atoms with Crippen molar-refractivity contribution in [3.63, 3.8) is 0 Å². The third-order valence-electron chi connectivity index (χ3n) is 3.60. The molecule has 2 unspecified atom stereocenters. The number of hydrogen-bond acceptors (Lipinski definition) is 4. The quantitative estimate of drug-likeness (QED) is 0.339. The first kappa shape index (κ1) is 24.3. The van der Waals surface area contributed by atoms with Gasteiger partial charge in [0.1, 0.15) is 21.7 Å². The van der Waals surface area contributed by atoms with Crippen molar-refractivity contribution in [2.24, 2.45) is 0 Å². The van der Waals surface area contributed by atoms with Crippen LogP contribution < -0.4 is 4.72 Å². The lowest BCUT2D eigenvalue weighted by molar-refractivity contribution is -0.429. The van der Waals surface area contributed by atoms with Crippen molar-refractivity contribution in [3.8, 4) is 0 Å². The van der Waals surface area contributed by atoms with E-state index in [2.05, 4.69) is 20.9 Å². The maximum atomic E-state index is 14.9. The summed E-state index contributed by atoms with van der Waals surface area (Å²) in [5.41, 5.74) is -4.82. The van der Waals surface area contributed by atoms with Crippen molar-refractivity contribution < 1.29 is 40.8 Å². The molecule has 0 amide bonds. The highest BCUT2D eigenvalue weighted by molar-refractivity contribution is 9.10. The van der Waals surface area contributed by atoms with Crippen LogP contribution >= 0.6 is 15.9 Å². The van der Waals surface area contributed by atoms with Crippen LogP contribution in [0.1, 0.15) is 33.4 Å². The van der Waals surface area contributed by atoms with Gasteiger partial charge in [0.15, 0.2) is 0 Å². The zero-order valence-electron chi connectivity index (χ0n) is 14.5. The Morgan fingerprint density at radius 1 is 1.07 bits per heavy atom. The van der Waals surface area contributed by atoms with Gasteiger partial charge in [-0.25, -0.2) is 18.3 Å². The van der Waals surface area contributed by atoms with Crippen LogP contribution in [0.3, 0.4) is 0 Å². The van der Waals surface area contributed by atoms with Gasteiger partial charge in [0.25, 0.3) is 0 Å². The van der Waals surface area contributed by atoms with Crippen LogP contribution in [0.15, 0.2) is 16.7 Å². The molecule has 0 aromatic carbocycles. The molecule has 1 aromatic heterocycles. The molecule has 0 aliphatic carbocycles. The zero-order valence-corrected chi connectivity index (χ0v) is 16.9. The molecule has 0 saturated heterocycles. The lowest BCUT2D eigenvalue weighted by atomic mass is 9.84. The van der Waals surface area contributed by atoms with Crippen LogP contribution in [-0.2, 0) is 16.5 Å². The van der Waals surface area contributed by atoms with Crippen molar-refractivity contribution in [3.05, 3.63) is 28.2 Å². The fraction of sp³-hybridized carbons (Fsp3) is 0.643. The lowest BCUT2D eigenvalue weighted by Crippen LogP contribution is -2.71. The van der Waals surface area contributed by atoms with Gasteiger partial charge < -0.3 is 10.2 Å². The van der Waals surface area contributed by atoms with Crippen molar-refractivity contribution >= 4 is 26.9 Å². The van der Waals surface area contributed by atoms with Crippen LogP contribution in [0.2, 0.25) is 0 Å². The van der Waals surface area contributed by atoms with Gasteiger partial charge in [-0.15, -0.1) is 0 Å². The van der Waals surface area contributed by atoms with Gasteiger partial charge in [-0.1, -0.05) is 0 Å². The summed E-state index contributed by atoms with van der Waals surface area (Å²) >= 11 is 2.78. The molecule has 0 aliphatic heterocycles. The van der Waals surface area contributed by atoms with E-state index in [1.54, 1.807) is 4.72 Å². The lowest BCUT2D eigenvalue weighted by Gasteiger charge is -2.44. The second-order valence-electron chi connectivity index (χ2n) is 6.82. The Kier molecular flexibility index (Phi) is 6.52. The van der Waals surface area contributed by atoms with Crippen LogP contribution in [0.4, 0.5) is 26.3 Å². The maximum absolute atomic E-state index is 14.9. The third-order valence-corrected chi connectivity index (χ3v) is 5.75. The minimum Gasteiger partial charge on any atom is -0.354 e. The number of pyridine rings is 1. The molecule has 1 rings (SSSR count). The fourth-order valence-corrected chi connectivity index (χ4v) is 3.11. The summed E-state index contributed by atoms with van der Waals surface area (Å²) in [6, 6.07) is 1.62. The van der Waals surface area contributed by atoms with Crippen molar-refractivity contribution in [1.29, 1.82) is 0 Å². The molecule has 0 saturated carbocycles. The number of aromatic nitrogens is 1. The van der Waals surface area contributed by atoms with Crippen LogP contribution in [0, 0.1) is 5.82 Å². The van der Waals surface area contributed by atoms with Crippen molar-refractivity contribution in [2.75, 3.05) is 0 Å². The molecule has 0 aliphatic rings. The Morgan fingerprint density at radius 3 is 1.96 bits per heavy atom. The summed E-state index contributed by atoms with van der Waals surface area (Å²) in [5, 5.41) is 18.5. The SMILES string of the molecule is CC(C)(C)S(=O)NC(C)(c1nc(Br)ccc1F)C(F)(F)C(O)(O)C(F)(F)F. The molecule has 0 bridgehead atoms. The summed E-state index contributed by atoms with van der Waals surface area (Å²) in [7, 11) is -2.47. The molecule has 156 valence electrons. The van der Waals surface area contributed by atoms with Crippen molar-refractivity contribution in [2.45, 2.75) is 55.9 Å². The van der Waals surface area contributed by atoms with Gasteiger partial charge in [0.05, 0.1) is 15.7 Å². The van der Waals surface area contributed by atoms with Crippen LogP contribution in [0.5, 0.6) is 0 Å². The minimum atomic E-state index is -6.22. The average molecular weight is 487 g/mol. The van der Waals surface area contributed by atoms with Gasteiger partial charge in [-0.3, -0.25) is 0 Å². The summed E-state index contributed by atoms with van der Waals surface area (Å²) in [5.74, 6) is -12.6. The Balaban J connectivity index is 3.79. The average Bonchev–Trinajstić information content (AvgIpc) is 2.46. The molecule has 0 fully saturated rings. The first-order valence-electron chi connectivity index (χ1n) is 7.20. The number of aliphatic hydroxyl groups is 2. The van der Waals surface area contributed by atoms with E-state index in [1.165, 1.54) is 20.8 Å². The van der Waals surface area contributed by atoms with E-state index in [0.717, 1.165) is 6.07 Å². The first-order chi connectivity index (χ1) is 11.8. The summed E-state index contributed by atoms with van der Waals surface area (Å²) in [4.78, 5) is 3.42. The third kappa shape index (κ3) is 4.31. The second-order valence-corrected chi connectivity index (χ2v) is 9.60. The van der Waals surface area contributed by atoms with Gasteiger partial charge in [-0.05, 0) is 55.8 Å². The molecule has 27 heavy (non-hydrogen) atoms. The highest BCUT2D eigenvalue weighted by atomic mass is 79.9. The maximum Gasteiger partial charge on any atom is 0.449 e. The molecule has 0 radical (unpaired) electrons. The monoisotopic (exact) mass is 486 g/mol. The summed E-state index contributed by atoms with van der Waals surface area (Å²) in [6.07, 6.45) is -6.22. The van der Waals surface area contributed by atoms with E-state index in [1.807, 2.05) is 0 Å². The van der Waals surface area contributed by atoms with Crippen molar-refractivity contribution in [1.82, 2.24) is 9.71 Å². The van der Waals surface area contributed by atoms with E-state index < -0.39 is 50.7 Å². The molecule has 2 atom stereocenters. The molecule has 1 heterocycles. The zero-order chi connectivity index (χ0) is 21.6. The highest BCUT2D eigenvalue weighted by Crippen LogP contribution is 2.50. The van der Waals surface area contributed by atoms with Gasteiger partial charge in [0.2, 0.25) is 0 Å². The number of nitrogens with zero attached hydrogens (tertiary/aromatic N) is 1. The largest absolute Gasteiger partial charge is 0.449 e. The first-order valence-corrected chi connectivity index (χ1v) is 9.15. The molecule has 13 heteroatoms. The second kappa shape index (κ2) is 7.25. The molecular weight excluding hydrogens is 470 g/mol. The topological polar surface area (TPSA) is 82.5 Å². The molecule has 1 aromatic rings. The number of hydrogen-bond donors (Lipinski definition) is 3. The smallest absolute Gasteiger partial charge is 0.354 e. The Morgan fingerprint density at radius 2 is 1.56 bits per heavy atom. The van der Waals surface area contributed by atoms with E-state index in [0.29, 0.717) is 13.0 Å². The van der Waals surface area contributed by atoms with Gasteiger partial charge >= 0.3 is 17.9 Å². The number of halogens is 7. The highest BCUT2D eigenvalue weighted by Gasteiger charge is 2.76. The molecule has 5 nitrogen and oxygen atoms in total. The number of alkyl halides is 5. The summed E-state index contributed by atoms with van der Waals surface area (Å²) < 4.78 is 95.2. The summed E-state index contributed by atoms with van der Waals surface area (Å²) in [6.45, 7) is 4.29. The van der Waals surface area contributed by atoms with E-state index in [9.17, 15) is 40.8 Å². The fourth-order valence-electron chi connectivity index (χ4n) is 1.90. The molecule has 3 N–H and O–H groups in total. The van der Waals surface area contributed by atoms with Crippen LogP contribution in [0.25, 0.3) is 0 Å². The van der Waals surface area contributed by atoms with E-state index in [-0.39, 0.29) is 4.60 Å². The predicted octanol–water partition coefficient (Wildman–Crippen LogP) is 3.13. The Hall–Kier alpha value is -0.760. The normalized spacial score (nSPS) is 17.5. The van der Waals surface area contributed by atoms with Crippen LogP contribution in [-0.4, -0.2) is 42.0 Å². The number of nitrogens with one attached hydrogen (secondary N) is 1. The van der Waals surface area contributed by atoms with Gasteiger partial charge in [0, 0.05) is 0 Å². The Labute approximate surface area is 161 Å². The van der Waals surface area contributed by atoms with E-state index in [4.69, 9.17) is 0 Å². The minimum absolute atomic E-state index is 0.224. The number of rotatable bonds is 5. The van der Waals surface area contributed by atoms with E-state index >= 15 is 0 Å². The molecule has 0 spiro atoms.